The van der Waals surface area contributed by atoms with Gasteiger partial charge in [0.25, 0.3) is 0 Å². The molecule has 1 aliphatic rings. The maximum atomic E-state index is 13.3. The zero-order valence-electron chi connectivity index (χ0n) is 18.7. The van der Waals surface area contributed by atoms with Gasteiger partial charge in [0.2, 0.25) is 5.91 Å². The van der Waals surface area contributed by atoms with Crippen molar-refractivity contribution in [3.8, 4) is 11.3 Å². The highest BCUT2D eigenvalue weighted by atomic mass is 35.5. The standard InChI is InChI=1S/C26H25ClFN5O/c27-20-8-4-18(5-9-20)2-1-3-24(34)32-12-14-33(15-13-32)26-22-16-23(31-25(22)29-17-30-26)19-6-10-21(28)11-7-19/h4-11,16-17H,1-3,12-15H2,(H,29,30,31). The minimum atomic E-state index is -0.266. The molecule has 0 atom stereocenters. The third-order valence-electron chi connectivity index (χ3n) is 6.26. The molecule has 1 saturated heterocycles. The summed E-state index contributed by atoms with van der Waals surface area (Å²) in [6, 6.07) is 16.2. The Kier molecular flexibility index (Phi) is 6.45. The molecular formula is C26H25ClFN5O. The molecule has 2 aromatic heterocycles. The lowest BCUT2D eigenvalue weighted by Gasteiger charge is -2.35. The monoisotopic (exact) mass is 477 g/mol. The molecule has 0 spiro atoms. The summed E-state index contributed by atoms with van der Waals surface area (Å²) >= 11 is 5.93. The van der Waals surface area contributed by atoms with Crippen LogP contribution in [-0.4, -0.2) is 51.9 Å². The summed E-state index contributed by atoms with van der Waals surface area (Å²) < 4.78 is 13.3. The van der Waals surface area contributed by atoms with Gasteiger partial charge in [0.05, 0.1) is 5.39 Å². The van der Waals surface area contributed by atoms with Gasteiger partial charge in [-0.05, 0) is 66.4 Å². The van der Waals surface area contributed by atoms with Gasteiger partial charge in [0.1, 0.15) is 23.6 Å². The number of hydrogen-bond donors (Lipinski definition) is 1. The van der Waals surface area contributed by atoms with Gasteiger partial charge in [0.15, 0.2) is 0 Å². The Morgan fingerprint density at radius 3 is 2.47 bits per heavy atom. The predicted octanol–water partition coefficient (Wildman–Crippen LogP) is 5.09. The lowest BCUT2D eigenvalue weighted by atomic mass is 10.1. The topological polar surface area (TPSA) is 65.1 Å². The molecule has 34 heavy (non-hydrogen) atoms. The van der Waals surface area contributed by atoms with Gasteiger partial charge in [-0.15, -0.1) is 0 Å². The molecule has 2 aromatic carbocycles. The first-order chi connectivity index (χ1) is 16.6. The Balaban J connectivity index is 1.20. The van der Waals surface area contributed by atoms with Crippen molar-refractivity contribution < 1.29 is 9.18 Å². The number of fused-ring (bicyclic) bond motifs is 1. The number of aromatic amines is 1. The van der Waals surface area contributed by atoms with E-state index in [1.807, 2.05) is 35.2 Å². The van der Waals surface area contributed by atoms with Gasteiger partial charge in [-0.25, -0.2) is 14.4 Å². The van der Waals surface area contributed by atoms with Crippen molar-refractivity contribution in [2.75, 3.05) is 31.1 Å². The molecule has 6 nitrogen and oxygen atoms in total. The molecule has 1 amide bonds. The first kappa shape index (κ1) is 22.3. The van der Waals surface area contributed by atoms with E-state index in [0.717, 1.165) is 46.0 Å². The van der Waals surface area contributed by atoms with Gasteiger partial charge >= 0.3 is 0 Å². The largest absolute Gasteiger partial charge is 0.352 e. The van der Waals surface area contributed by atoms with E-state index in [1.165, 1.54) is 17.7 Å². The average Bonchev–Trinajstić information content (AvgIpc) is 3.30. The van der Waals surface area contributed by atoms with Crippen molar-refractivity contribution in [3.05, 3.63) is 77.3 Å². The molecule has 0 radical (unpaired) electrons. The number of aryl methyl sites for hydroxylation is 1. The van der Waals surface area contributed by atoms with E-state index in [2.05, 4.69) is 19.9 Å². The summed E-state index contributed by atoms with van der Waals surface area (Å²) in [5.41, 5.74) is 3.69. The molecule has 1 fully saturated rings. The molecule has 0 bridgehead atoms. The lowest BCUT2D eigenvalue weighted by molar-refractivity contribution is -0.131. The third kappa shape index (κ3) is 4.89. The van der Waals surface area contributed by atoms with Crippen LogP contribution in [0.4, 0.5) is 10.2 Å². The molecule has 0 aliphatic carbocycles. The maximum absolute atomic E-state index is 13.3. The molecule has 1 aliphatic heterocycles. The minimum absolute atomic E-state index is 0.196. The molecule has 174 valence electrons. The lowest BCUT2D eigenvalue weighted by Crippen LogP contribution is -2.49. The number of hydrogen-bond acceptors (Lipinski definition) is 4. The number of nitrogens with one attached hydrogen (secondary N) is 1. The highest BCUT2D eigenvalue weighted by Crippen LogP contribution is 2.29. The molecule has 0 saturated carbocycles. The van der Waals surface area contributed by atoms with E-state index in [-0.39, 0.29) is 11.7 Å². The Bertz CT molecular complexity index is 1280. The van der Waals surface area contributed by atoms with Crippen LogP contribution < -0.4 is 4.90 Å². The fourth-order valence-corrected chi connectivity index (χ4v) is 4.51. The fraction of sp³-hybridized carbons (Fsp3) is 0.269. The maximum Gasteiger partial charge on any atom is 0.222 e. The molecule has 8 heteroatoms. The number of carbonyl (C=O) groups is 1. The summed E-state index contributed by atoms with van der Waals surface area (Å²) in [4.78, 5) is 29.1. The SMILES string of the molecule is O=C(CCCc1ccc(Cl)cc1)N1CCN(c2ncnc3[nH]c(-c4ccc(F)cc4)cc23)CC1. The Labute approximate surface area is 202 Å². The van der Waals surface area contributed by atoms with Crippen LogP contribution in [0.2, 0.25) is 5.02 Å². The summed E-state index contributed by atoms with van der Waals surface area (Å²) in [6.07, 6.45) is 3.78. The molecule has 5 rings (SSSR count). The number of amides is 1. The van der Waals surface area contributed by atoms with E-state index in [1.54, 1.807) is 18.5 Å². The van der Waals surface area contributed by atoms with Crippen LogP contribution in [0.3, 0.4) is 0 Å². The summed E-state index contributed by atoms with van der Waals surface area (Å²) in [5.74, 6) is 0.781. The van der Waals surface area contributed by atoms with Gasteiger partial charge in [0, 0.05) is 43.3 Å². The number of nitrogens with zero attached hydrogens (tertiary/aromatic N) is 4. The van der Waals surface area contributed by atoms with Crippen molar-refractivity contribution in [2.24, 2.45) is 0 Å². The van der Waals surface area contributed by atoms with Crippen LogP contribution >= 0.6 is 11.6 Å². The van der Waals surface area contributed by atoms with Crippen LogP contribution in [0.25, 0.3) is 22.3 Å². The highest BCUT2D eigenvalue weighted by molar-refractivity contribution is 6.30. The molecule has 0 unspecified atom stereocenters. The zero-order chi connectivity index (χ0) is 23.5. The van der Waals surface area contributed by atoms with E-state index < -0.39 is 0 Å². The van der Waals surface area contributed by atoms with Gasteiger partial charge in [-0.2, -0.15) is 0 Å². The number of rotatable bonds is 6. The molecule has 4 aromatic rings. The highest BCUT2D eigenvalue weighted by Gasteiger charge is 2.23. The summed E-state index contributed by atoms with van der Waals surface area (Å²) in [5, 5.41) is 1.65. The minimum Gasteiger partial charge on any atom is -0.352 e. The van der Waals surface area contributed by atoms with E-state index >= 15 is 0 Å². The molecular weight excluding hydrogens is 453 g/mol. The van der Waals surface area contributed by atoms with Crippen molar-refractivity contribution >= 4 is 34.4 Å². The van der Waals surface area contributed by atoms with E-state index in [4.69, 9.17) is 11.6 Å². The van der Waals surface area contributed by atoms with Crippen molar-refractivity contribution in [2.45, 2.75) is 19.3 Å². The van der Waals surface area contributed by atoms with Gasteiger partial charge in [-0.1, -0.05) is 23.7 Å². The number of aromatic nitrogens is 3. The zero-order valence-corrected chi connectivity index (χ0v) is 19.4. The second-order valence-corrected chi connectivity index (χ2v) is 8.93. The second-order valence-electron chi connectivity index (χ2n) is 8.50. The smallest absolute Gasteiger partial charge is 0.222 e. The first-order valence-corrected chi connectivity index (χ1v) is 11.8. The normalized spacial score (nSPS) is 14.1. The van der Waals surface area contributed by atoms with Crippen LogP contribution in [0.15, 0.2) is 60.9 Å². The third-order valence-corrected chi connectivity index (χ3v) is 6.51. The Morgan fingerprint density at radius 2 is 1.74 bits per heavy atom. The Morgan fingerprint density at radius 1 is 1.00 bits per heavy atom. The van der Waals surface area contributed by atoms with Gasteiger partial charge < -0.3 is 14.8 Å². The van der Waals surface area contributed by atoms with Crippen LogP contribution in [0.5, 0.6) is 0 Å². The summed E-state index contributed by atoms with van der Waals surface area (Å²) in [6.45, 7) is 2.76. The van der Waals surface area contributed by atoms with Crippen LogP contribution in [-0.2, 0) is 11.2 Å². The van der Waals surface area contributed by atoms with Crippen molar-refractivity contribution in [1.29, 1.82) is 0 Å². The summed E-state index contributed by atoms with van der Waals surface area (Å²) in [7, 11) is 0. The van der Waals surface area contributed by atoms with Crippen molar-refractivity contribution in [3.63, 3.8) is 0 Å². The Hall–Kier alpha value is -3.45. The van der Waals surface area contributed by atoms with Gasteiger partial charge in [-0.3, -0.25) is 4.79 Å². The van der Waals surface area contributed by atoms with E-state index in [0.29, 0.717) is 32.6 Å². The number of benzene rings is 2. The number of carbonyl (C=O) groups excluding carboxylic acids is 1. The molecule has 1 N–H and O–H groups in total. The second kappa shape index (κ2) is 9.81. The van der Waals surface area contributed by atoms with Crippen molar-refractivity contribution in [1.82, 2.24) is 19.9 Å². The van der Waals surface area contributed by atoms with Crippen LogP contribution in [0.1, 0.15) is 18.4 Å². The number of anilines is 1. The quantitative estimate of drug-likeness (QED) is 0.420. The first-order valence-electron chi connectivity index (χ1n) is 11.4. The van der Waals surface area contributed by atoms with E-state index in [9.17, 15) is 9.18 Å². The number of H-pyrrole nitrogens is 1. The predicted molar refractivity (Wildman–Crippen MR) is 132 cm³/mol. The number of piperazine rings is 1. The average molecular weight is 478 g/mol. The number of halogens is 2. The molecule has 3 heterocycles. The van der Waals surface area contributed by atoms with Crippen LogP contribution in [0, 0.1) is 5.82 Å². The fourth-order valence-electron chi connectivity index (χ4n) is 4.38.